The zero-order valence-electron chi connectivity index (χ0n) is 14.2. The van der Waals surface area contributed by atoms with Gasteiger partial charge in [0.2, 0.25) is 0 Å². The summed E-state index contributed by atoms with van der Waals surface area (Å²) >= 11 is 5.99. The van der Waals surface area contributed by atoms with Gasteiger partial charge in [0.05, 0.1) is 0 Å². The van der Waals surface area contributed by atoms with E-state index >= 15 is 0 Å². The van der Waals surface area contributed by atoms with Gasteiger partial charge in [0, 0.05) is 53.0 Å². The molecule has 2 heterocycles. The maximum Gasteiger partial charge on any atom is 0.0423 e. The number of halogens is 1. The molecule has 0 bridgehead atoms. The normalized spacial score (nSPS) is 18.4. The number of pyridine rings is 1. The second kappa shape index (κ2) is 7.42. The van der Waals surface area contributed by atoms with Crippen LogP contribution in [0, 0.1) is 0 Å². The maximum atomic E-state index is 5.99. The summed E-state index contributed by atoms with van der Waals surface area (Å²) in [6.07, 6.45) is 6.21. The van der Waals surface area contributed by atoms with Crippen molar-refractivity contribution >= 4 is 28.1 Å². The van der Waals surface area contributed by atoms with Crippen molar-refractivity contribution < 1.29 is 0 Å². The Morgan fingerprint density at radius 2 is 2.00 bits per heavy atom. The Morgan fingerprint density at radius 3 is 2.88 bits per heavy atom. The molecule has 3 aromatic rings. The van der Waals surface area contributed by atoms with Crippen molar-refractivity contribution in [2.24, 2.45) is 0 Å². The van der Waals surface area contributed by atoms with Crippen LogP contribution in [0.3, 0.4) is 0 Å². The van der Waals surface area contributed by atoms with Gasteiger partial charge in [0.1, 0.15) is 0 Å². The number of hydrogen-bond donors (Lipinski definition) is 1. The highest BCUT2D eigenvalue weighted by atomic mass is 35.5. The fourth-order valence-corrected chi connectivity index (χ4v) is 3.76. The van der Waals surface area contributed by atoms with Crippen molar-refractivity contribution in [1.82, 2.24) is 9.88 Å². The minimum atomic E-state index is 0.472. The van der Waals surface area contributed by atoms with Crippen LogP contribution < -0.4 is 5.32 Å². The van der Waals surface area contributed by atoms with Gasteiger partial charge in [-0.3, -0.25) is 9.88 Å². The van der Waals surface area contributed by atoms with Gasteiger partial charge >= 0.3 is 0 Å². The Hall–Kier alpha value is -2.10. The van der Waals surface area contributed by atoms with Gasteiger partial charge in [-0.1, -0.05) is 35.9 Å². The number of nitrogens with zero attached hydrogens (tertiary/aromatic N) is 2. The van der Waals surface area contributed by atoms with Crippen LogP contribution in [0.15, 0.2) is 60.9 Å². The first-order valence-electron chi connectivity index (χ1n) is 8.84. The van der Waals surface area contributed by atoms with Crippen molar-refractivity contribution in [2.45, 2.75) is 25.4 Å². The van der Waals surface area contributed by atoms with Crippen LogP contribution >= 0.6 is 11.6 Å². The quantitative estimate of drug-likeness (QED) is 0.719. The van der Waals surface area contributed by atoms with E-state index in [0.29, 0.717) is 6.04 Å². The summed E-state index contributed by atoms with van der Waals surface area (Å²) in [5.74, 6) is 0. The molecule has 4 heteroatoms. The molecule has 0 saturated carbocycles. The van der Waals surface area contributed by atoms with E-state index in [9.17, 15) is 0 Å². The molecule has 1 aromatic heterocycles. The van der Waals surface area contributed by atoms with Crippen molar-refractivity contribution in [3.05, 3.63) is 71.5 Å². The van der Waals surface area contributed by atoms with Crippen LogP contribution in [-0.4, -0.2) is 29.0 Å². The minimum absolute atomic E-state index is 0.472. The number of piperidine rings is 1. The summed E-state index contributed by atoms with van der Waals surface area (Å²) in [6, 6.07) is 17.1. The number of benzene rings is 2. The molecule has 0 spiro atoms. The van der Waals surface area contributed by atoms with Crippen LogP contribution in [0.4, 0.5) is 5.69 Å². The largest absolute Gasteiger partial charge is 0.381 e. The number of aromatic nitrogens is 1. The van der Waals surface area contributed by atoms with E-state index in [1.54, 1.807) is 0 Å². The average Bonchev–Trinajstić information content (AvgIpc) is 2.64. The number of nitrogens with one attached hydrogen (secondary N) is 1. The molecule has 128 valence electrons. The van der Waals surface area contributed by atoms with Crippen LogP contribution in [0.2, 0.25) is 5.02 Å². The fraction of sp³-hybridized carbons (Fsp3) is 0.286. The number of rotatable bonds is 4. The maximum absolute atomic E-state index is 5.99. The van der Waals surface area contributed by atoms with Gasteiger partial charge in [-0.15, -0.1) is 0 Å². The van der Waals surface area contributed by atoms with Crippen molar-refractivity contribution in [1.29, 1.82) is 0 Å². The smallest absolute Gasteiger partial charge is 0.0423 e. The molecule has 1 fully saturated rings. The third kappa shape index (κ3) is 3.94. The van der Waals surface area contributed by atoms with Gasteiger partial charge in [-0.25, -0.2) is 0 Å². The molecule has 2 aromatic carbocycles. The molecule has 3 nitrogen and oxygen atoms in total. The fourth-order valence-electron chi connectivity index (χ4n) is 3.63. The Labute approximate surface area is 153 Å². The molecule has 4 rings (SSSR count). The van der Waals surface area contributed by atoms with Crippen LogP contribution in [0.5, 0.6) is 0 Å². The lowest BCUT2D eigenvalue weighted by Crippen LogP contribution is -2.41. The highest BCUT2D eigenvalue weighted by Crippen LogP contribution is 2.25. The molecule has 0 radical (unpaired) electrons. The van der Waals surface area contributed by atoms with E-state index in [0.717, 1.165) is 24.7 Å². The first kappa shape index (κ1) is 16.4. The summed E-state index contributed by atoms with van der Waals surface area (Å²) in [7, 11) is 0. The third-order valence-electron chi connectivity index (χ3n) is 4.87. The first-order chi connectivity index (χ1) is 12.3. The monoisotopic (exact) mass is 351 g/mol. The molecule has 1 aliphatic heterocycles. The minimum Gasteiger partial charge on any atom is -0.381 e. The van der Waals surface area contributed by atoms with E-state index < -0.39 is 0 Å². The molecule has 1 aliphatic rings. The summed E-state index contributed by atoms with van der Waals surface area (Å²) in [4.78, 5) is 6.75. The van der Waals surface area contributed by atoms with E-state index in [4.69, 9.17) is 11.6 Å². The summed E-state index contributed by atoms with van der Waals surface area (Å²) in [6.45, 7) is 3.19. The second-order valence-corrected chi connectivity index (χ2v) is 7.18. The standard InChI is InChI=1S/C21H22ClN3/c22-18-8-6-16(7-9-18)14-25-12-2-4-19(15-25)24-21-5-1-3-17-13-23-11-10-20(17)21/h1,3,5-11,13,19,24H,2,4,12,14-15H2/t19-/m0/s1. The van der Waals surface area contributed by atoms with Gasteiger partial charge in [-0.05, 0) is 49.2 Å². The molecule has 0 aliphatic carbocycles. The van der Waals surface area contributed by atoms with E-state index in [2.05, 4.69) is 51.6 Å². The molecular weight excluding hydrogens is 330 g/mol. The van der Waals surface area contributed by atoms with Crippen molar-refractivity contribution in [3.8, 4) is 0 Å². The number of fused-ring (bicyclic) bond motifs is 1. The number of anilines is 1. The lowest BCUT2D eigenvalue weighted by molar-refractivity contribution is 0.208. The highest BCUT2D eigenvalue weighted by Gasteiger charge is 2.20. The van der Waals surface area contributed by atoms with Crippen molar-refractivity contribution in [3.63, 3.8) is 0 Å². The third-order valence-corrected chi connectivity index (χ3v) is 5.12. The lowest BCUT2D eigenvalue weighted by Gasteiger charge is -2.34. The van der Waals surface area contributed by atoms with Gasteiger partial charge in [0.15, 0.2) is 0 Å². The van der Waals surface area contributed by atoms with E-state index in [1.807, 2.05) is 24.5 Å². The number of hydrogen-bond acceptors (Lipinski definition) is 3. The van der Waals surface area contributed by atoms with Crippen molar-refractivity contribution in [2.75, 3.05) is 18.4 Å². The molecule has 25 heavy (non-hydrogen) atoms. The molecule has 1 atom stereocenters. The SMILES string of the molecule is Clc1ccc(CN2CCC[C@H](Nc3cccc4cnccc34)C2)cc1. The van der Waals surface area contributed by atoms with Crippen LogP contribution in [-0.2, 0) is 6.54 Å². The van der Waals surface area contributed by atoms with E-state index in [1.165, 1.54) is 34.9 Å². The molecular formula is C21H22ClN3. The van der Waals surface area contributed by atoms with Gasteiger partial charge in [-0.2, -0.15) is 0 Å². The predicted octanol–water partition coefficient (Wildman–Crippen LogP) is 4.96. The first-order valence-corrected chi connectivity index (χ1v) is 9.22. The number of likely N-dealkylation sites (tertiary alicyclic amines) is 1. The van der Waals surface area contributed by atoms with Crippen LogP contribution in [0.1, 0.15) is 18.4 Å². The average molecular weight is 352 g/mol. The van der Waals surface area contributed by atoms with Crippen LogP contribution in [0.25, 0.3) is 10.8 Å². The molecule has 1 saturated heterocycles. The Morgan fingerprint density at radius 1 is 1.12 bits per heavy atom. The Bertz CT molecular complexity index is 842. The zero-order valence-corrected chi connectivity index (χ0v) is 14.9. The predicted molar refractivity (Wildman–Crippen MR) is 105 cm³/mol. The molecule has 0 amide bonds. The zero-order chi connectivity index (χ0) is 17.1. The van der Waals surface area contributed by atoms with Gasteiger partial charge in [0.25, 0.3) is 0 Å². The van der Waals surface area contributed by atoms with E-state index in [-0.39, 0.29) is 0 Å². The summed E-state index contributed by atoms with van der Waals surface area (Å²) in [5.41, 5.74) is 2.53. The molecule has 0 unspecified atom stereocenters. The summed E-state index contributed by atoms with van der Waals surface area (Å²) in [5, 5.41) is 6.98. The topological polar surface area (TPSA) is 28.2 Å². The Balaban J connectivity index is 1.45. The van der Waals surface area contributed by atoms with Gasteiger partial charge < -0.3 is 5.32 Å². The Kier molecular flexibility index (Phi) is 4.86. The second-order valence-electron chi connectivity index (χ2n) is 6.75. The highest BCUT2D eigenvalue weighted by molar-refractivity contribution is 6.30. The molecule has 1 N–H and O–H groups in total. The lowest BCUT2D eigenvalue weighted by atomic mass is 10.0. The summed E-state index contributed by atoms with van der Waals surface area (Å²) < 4.78 is 0.